The van der Waals surface area contributed by atoms with Gasteiger partial charge >= 0.3 is 0 Å². The number of hydrogen-bond donors (Lipinski definition) is 2. The summed E-state index contributed by atoms with van der Waals surface area (Å²) in [7, 11) is 0. The fourth-order valence-electron chi connectivity index (χ4n) is 2.75. The van der Waals surface area contributed by atoms with E-state index in [2.05, 4.69) is 6.92 Å². The molecular weight excluding hydrogens is 246 g/mol. The van der Waals surface area contributed by atoms with Crippen LogP contribution < -0.4 is 5.73 Å². The Kier molecular flexibility index (Phi) is 4.94. The Labute approximate surface area is 121 Å². The minimum absolute atomic E-state index is 0.107. The van der Waals surface area contributed by atoms with Gasteiger partial charge in [0.2, 0.25) is 0 Å². The van der Waals surface area contributed by atoms with Crippen molar-refractivity contribution in [2.45, 2.75) is 25.4 Å². The van der Waals surface area contributed by atoms with Crippen molar-refractivity contribution in [3.63, 3.8) is 0 Å². The summed E-state index contributed by atoms with van der Waals surface area (Å²) in [6.07, 6.45) is 1.82. The van der Waals surface area contributed by atoms with Crippen molar-refractivity contribution >= 4 is 0 Å². The normalized spacial score (nSPS) is 13.2. The molecule has 0 aliphatic rings. The lowest BCUT2D eigenvalue weighted by Crippen LogP contribution is -2.35. The highest BCUT2D eigenvalue weighted by Crippen LogP contribution is 2.38. The molecule has 0 amide bonds. The number of benzene rings is 2. The third-order valence-corrected chi connectivity index (χ3v) is 3.98. The van der Waals surface area contributed by atoms with Crippen LogP contribution in [0.25, 0.3) is 0 Å². The van der Waals surface area contributed by atoms with Crippen molar-refractivity contribution in [3.05, 3.63) is 71.8 Å². The van der Waals surface area contributed by atoms with Crippen molar-refractivity contribution in [1.29, 1.82) is 0 Å². The Morgan fingerprint density at radius 3 is 1.80 bits per heavy atom. The lowest BCUT2D eigenvalue weighted by atomic mass is 9.75. The molecule has 1 atom stereocenters. The van der Waals surface area contributed by atoms with Gasteiger partial charge in [-0.25, -0.2) is 0 Å². The quantitative estimate of drug-likeness (QED) is 0.845. The van der Waals surface area contributed by atoms with E-state index < -0.39 is 5.60 Å². The maximum absolute atomic E-state index is 11.4. The molecule has 0 saturated carbocycles. The minimum Gasteiger partial charge on any atom is -0.380 e. The molecule has 2 aromatic carbocycles. The van der Waals surface area contributed by atoms with E-state index in [0.29, 0.717) is 6.54 Å². The second kappa shape index (κ2) is 6.69. The Morgan fingerprint density at radius 1 is 0.950 bits per heavy atom. The van der Waals surface area contributed by atoms with Crippen LogP contribution in [0, 0.1) is 5.92 Å². The van der Waals surface area contributed by atoms with Gasteiger partial charge in [0.15, 0.2) is 0 Å². The monoisotopic (exact) mass is 269 g/mol. The van der Waals surface area contributed by atoms with Gasteiger partial charge in [0, 0.05) is 0 Å². The van der Waals surface area contributed by atoms with Crippen LogP contribution in [0.5, 0.6) is 0 Å². The van der Waals surface area contributed by atoms with Gasteiger partial charge in [-0.15, -0.1) is 0 Å². The highest BCUT2D eigenvalue weighted by atomic mass is 16.3. The minimum atomic E-state index is -0.961. The number of nitrogens with two attached hydrogens (primary N) is 1. The molecule has 2 aromatic rings. The van der Waals surface area contributed by atoms with E-state index in [1.165, 1.54) is 0 Å². The van der Waals surface area contributed by atoms with Crippen molar-refractivity contribution < 1.29 is 5.11 Å². The largest absolute Gasteiger partial charge is 0.380 e. The second-order valence-electron chi connectivity index (χ2n) is 5.33. The molecule has 0 aromatic heterocycles. The molecule has 2 nitrogen and oxygen atoms in total. The van der Waals surface area contributed by atoms with Gasteiger partial charge in [0.05, 0.1) is 0 Å². The van der Waals surface area contributed by atoms with E-state index in [1.807, 2.05) is 60.7 Å². The van der Waals surface area contributed by atoms with Crippen LogP contribution >= 0.6 is 0 Å². The van der Waals surface area contributed by atoms with E-state index in [1.54, 1.807) is 0 Å². The predicted molar refractivity (Wildman–Crippen MR) is 83.3 cm³/mol. The van der Waals surface area contributed by atoms with Crippen LogP contribution in [0.4, 0.5) is 0 Å². The first kappa shape index (κ1) is 14.8. The lowest BCUT2D eigenvalue weighted by Gasteiger charge is -2.35. The van der Waals surface area contributed by atoms with Crippen molar-refractivity contribution in [2.75, 3.05) is 6.54 Å². The van der Waals surface area contributed by atoms with Gasteiger partial charge in [-0.1, -0.05) is 67.6 Å². The first-order valence-corrected chi connectivity index (χ1v) is 7.23. The van der Waals surface area contributed by atoms with Crippen LogP contribution in [0.1, 0.15) is 30.9 Å². The molecular formula is C18H23NO. The Hall–Kier alpha value is -1.64. The third-order valence-electron chi connectivity index (χ3n) is 3.98. The molecule has 0 saturated heterocycles. The average molecular weight is 269 g/mol. The van der Waals surface area contributed by atoms with E-state index in [4.69, 9.17) is 5.73 Å². The molecule has 1 unspecified atom stereocenters. The van der Waals surface area contributed by atoms with Crippen molar-refractivity contribution in [1.82, 2.24) is 0 Å². The first-order valence-electron chi connectivity index (χ1n) is 7.23. The molecule has 0 fully saturated rings. The summed E-state index contributed by atoms with van der Waals surface area (Å²) in [6, 6.07) is 19.8. The maximum Gasteiger partial charge on any atom is 0.117 e. The Bertz CT molecular complexity index is 470. The molecule has 0 spiro atoms. The zero-order chi connectivity index (χ0) is 14.4. The zero-order valence-electron chi connectivity index (χ0n) is 12.0. The predicted octanol–water partition coefficient (Wildman–Crippen LogP) is 3.30. The number of hydrogen-bond acceptors (Lipinski definition) is 2. The molecule has 0 radical (unpaired) electrons. The van der Waals surface area contributed by atoms with Crippen LogP contribution in [-0.4, -0.2) is 11.7 Å². The van der Waals surface area contributed by atoms with E-state index in [0.717, 1.165) is 24.0 Å². The summed E-state index contributed by atoms with van der Waals surface area (Å²) >= 11 is 0. The van der Waals surface area contributed by atoms with Crippen molar-refractivity contribution in [2.24, 2.45) is 11.7 Å². The number of aliphatic hydroxyl groups is 1. The first-order chi connectivity index (χ1) is 9.69. The van der Waals surface area contributed by atoms with Gasteiger partial charge in [0.25, 0.3) is 0 Å². The third kappa shape index (κ3) is 2.92. The van der Waals surface area contributed by atoms with E-state index >= 15 is 0 Å². The van der Waals surface area contributed by atoms with Gasteiger partial charge in [-0.05, 0) is 36.4 Å². The fourth-order valence-corrected chi connectivity index (χ4v) is 2.75. The van der Waals surface area contributed by atoms with Gasteiger partial charge in [0.1, 0.15) is 5.60 Å². The Morgan fingerprint density at radius 2 is 1.40 bits per heavy atom. The summed E-state index contributed by atoms with van der Waals surface area (Å²) in [6.45, 7) is 2.75. The molecule has 0 bridgehead atoms. The van der Waals surface area contributed by atoms with Gasteiger partial charge < -0.3 is 10.8 Å². The van der Waals surface area contributed by atoms with Crippen LogP contribution in [0.15, 0.2) is 60.7 Å². The van der Waals surface area contributed by atoms with E-state index in [-0.39, 0.29) is 5.92 Å². The molecule has 0 aliphatic carbocycles. The molecule has 0 heterocycles. The van der Waals surface area contributed by atoms with Gasteiger partial charge in [-0.3, -0.25) is 0 Å². The summed E-state index contributed by atoms with van der Waals surface area (Å²) in [4.78, 5) is 0. The zero-order valence-corrected chi connectivity index (χ0v) is 12.0. The molecule has 20 heavy (non-hydrogen) atoms. The summed E-state index contributed by atoms with van der Waals surface area (Å²) in [5, 5.41) is 11.4. The summed E-state index contributed by atoms with van der Waals surface area (Å²) in [5.41, 5.74) is 6.54. The fraction of sp³-hybridized carbons (Fsp3) is 0.333. The summed E-state index contributed by atoms with van der Waals surface area (Å²) < 4.78 is 0. The van der Waals surface area contributed by atoms with Crippen LogP contribution in [-0.2, 0) is 5.60 Å². The molecule has 2 rings (SSSR count). The number of rotatable bonds is 6. The Balaban J connectivity index is 2.43. The summed E-state index contributed by atoms with van der Waals surface area (Å²) in [5.74, 6) is 0.107. The molecule has 2 heteroatoms. The molecule has 3 N–H and O–H groups in total. The SMILES string of the molecule is CC(CCCN)C(O)(c1ccccc1)c1ccccc1. The maximum atomic E-state index is 11.4. The van der Waals surface area contributed by atoms with E-state index in [9.17, 15) is 5.11 Å². The standard InChI is InChI=1S/C18H23NO/c1-15(9-8-14-19)18(20,16-10-4-2-5-11-16)17-12-6-3-7-13-17/h2-7,10-13,15,20H,8-9,14,19H2,1H3. The molecule has 0 aliphatic heterocycles. The van der Waals surface area contributed by atoms with Crippen LogP contribution in [0.3, 0.4) is 0 Å². The van der Waals surface area contributed by atoms with Crippen LogP contribution in [0.2, 0.25) is 0 Å². The lowest BCUT2D eigenvalue weighted by molar-refractivity contribution is 0.0197. The highest BCUT2D eigenvalue weighted by molar-refractivity contribution is 5.36. The van der Waals surface area contributed by atoms with Gasteiger partial charge in [-0.2, -0.15) is 0 Å². The van der Waals surface area contributed by atoms with Crippen molar-refractivity contribution in [3.8, 4) is 0 Å². The topological polar surface area (TPSA) is 46.2 Å². The molecule has 106 valence electrons. The highest BCUT2D eigenvalue weighted by Gasteiger charge is 2.36. The second-order valence-corrected chi connectivity index (χ2v) is 5.33. The smallest absolute Gasteiger partial charge is 0.117 e. The average Bonchev–Trinajstić information content (AvgIpc) is 2.53.